The molecular weight excluding hydrogens is 802 g/mol. The van der Waals surface area contributed by atoms with Gasteiger partial charge in [0.15, 0.2) is 15.6 Å². The number of ketones is 3. The lowest BCUT2D eigenvalue weighted by molar-refractivity contribution is -0.154. The van der Waals surface area contributed by atoms with Crippen molar-refractivity contribution in [3.63, 3.8) is 0 Å². The molecule has 2 heterocycles. The molecule has 0 fully saturated rings. The van der Waals surface area contributed by atoms with Crippen LogP contribution in [0.2, 0.25) is 0 Å². The standard InChI is InChI=1S/C28H32N3O6PS2.C14H16O4/c1-4-36-38(33,37-5-2)19-23-20-39-28(29-23)18-27(32)26-17-22(12-11-21-9-7-6-8-10-21)30-31(26)24-13-15-25(16-14-24)40(3,34)35;1-2-18-14(17)13(16)10-12(15)9-8-11-6-4-3-5-7-11/h6-10,13-17,20H,4-5,11-12,18-19H2,1-3H3;3-7H,2,8-10H2,1H3. The van der Waals surface area contributed by atoms with Crippen molar-refractivity contribution in [2.24, 2.45) is 0 Å². The molecule has 0 aliphatic rings. The second kappa shape index (κ2) is 22.3. The minimum atomic E-state index is -3.36. The average molecular weight is 850 g/mol. The van der Waals surface area contributed by atoms with Crippen molar-refractivity contribution < 1.29 is 45.9 Å². The second-order valence-electron chi connectivity index (χ2n) is 13.0. The van der Waals surface area contributed by atoms with E-state index in [1.165, 1.54) is 23.5 Å². The third-order valence-corrected chi connectivity index (χ3v) is 12.4. The van der Waals surface area contributed by atoms with E-state index in [1.807, 2.05) is 60.7 Å². The minimum Gasteiger partial charge on any atom is -0.460 e. The van der Waals surface area contributed by atoms with Crippen LogP contribution in [-0.2, 0) is 74.4 Å². The number of rotatable bonds is 21. The molecule has 13 nitrogen and oxygen atoms in total. The summed E-state index contributed by atoms with van der Waals surface area (Å²) < 4.78 is 53.6. The fourth-order valence-corrected chi connectivity index (χ4v) is 8.78. The highest BCUT2D eigenvalue weighted by Gasteiger charge is 2.26. The average Bonchev–Trinajstić information content (AvgIpc) is 3.84. The molecule has 0 saturated carbocycles. The van der Waals surface area contributed by atoms with Crippen molar-refractivity contribution in [1.82, 2.24) is 14.8 Å². The lowest BCUT2D eigenvalue weighted by Crippen LogP contribution is -2.20. The van der Waals surface area contributed by atoms with E-state index in [2.05, 4.69) is 9.72 Å². The Bertz CT molecular complexity index is 2280. The highest BCUT2D eigenvalue weighted by Crippen LogP contribution is 2.51. The Hall–Kier alpha value is -4.92. The zero-order valence-electron chi connectivity index (χ0n) is 33.0. The van der Waals surface area contributed by atoms with Gasteiger partial charge in [-0.1, -0.05) is 60.7 Å². The van der Waals surface area contributed by atoms with E-state index in [9.17, 15) is 32.2 Å². The van der Waals surface area contributed by atoms with Crippen LogP contribution in [-0.4, -0.2) is 72.6 Å². The van der Waals surface area contributed by atoms with E-state index in [4.69, 9.17) is 14.1 Å². The second-order valence-corrected chi connectivity index (χ2v) is 18.0. The minimum absolute atomic E-state index is 0.0312. The molecule has 0 spiro atoms. The molecule has 0 atom stereocenters. The summed E-state index contributed by atoms with van der Waals surface area (Å²) in [6, 6.07) is 27.6. The first-order chi connectivity index (χ1) is 27.7. The largest absolute Gasteiger partial charge is 0.460 e. The number of nitrogens with zero attached hydrogens (tertiary/aromatic N) is 3. The number of carbonyl (C=O) groups excluding carboxylic acids is 4. The van der Waals surface area contributed by atoms with E-state index < -0.39 is 29.2 Å². The number of thiazole rings is 1. The van der Waals surface area contributed by atoms with Gasteiger partial charge in [-0.15, -0.1) is 11.3 Å². The predicted octanol–water partition coefficient (Wildman–Crippen LogP) is 7.42. The number of carbonyl (C=O) groups is 4. The third kappa shape index (κ3) is 14.5. The van der Waals surface area contributed by atoms with Gasteiger partial charge in [0, 0.05) is 18.1 Å². The lowest BCUT2D eigenvalue weighted by atomic mass is 10.0. The molecule has 16 heteroatoms. The van der Waals surface area contributed by atoms with Crippen LogP contribution < -0.4 is 0 Å². The summed E-state index contributed by atoms with van der Waals surface area (Å²) in [4.78, 5) is 52.0. The van der Waals surface area contributed by atoms with Crippen molar-refractivity contribution in [1.29, 1.82) is 0 Å². The SMILES string of the molecule is CCOC(=O)C(=O)CC(=O)CCc1ccccc1.CCOP(=O)(Cc1csc(CC(=O)c2cc(CCc3ccccc3)nn2-c2ccc(S(C)(=O)=O)cc2)n1)OCC. The molecule has 0 aliphatic carbocycles. The highest BCUT2D eigenvalue weighted by molar-refractivity contribution is 7.90. The molecule has 58 heavy (non-hydrogen) atoms. The molecule has 0 N–H and O–H groups in total. The van der Waals surface area contributed by atoms with Gasteiger partial charge < -0.3 is 13.8 Å². The number of sulfone groups is 1. The quantitative estimate of drug-likeness (QED) is 0.0235. The summed E-state index contributed by atoms with van der Waals surface area (Å²) in [7, 11) is -6.67. The zero-order chi connectivity index (χ0) is 42.1. The summed E-state index contributed by atoms with van der Waals surface area (Å²) in [6.07, 6.45) is 3.07. The van der Waals surface area contributed by atoms with Crippen LogP contribution in [0.15, 0.2) is 101 Å². The number of esters is 1. The van der Waals surface area contributed by atoms with Crippen LogP contribution in [0.4, 0.5) is 0 Å². The van der Waals surface area contributed by atoms with Crippen LogP contribution in [0.5, 0.6) is 0 Å². The maximum Gasteiger partial charge on any atom is 0.375 e. The molecule has 2 aromatic heterocycles. The molecule has 0 radical (unpaired) electrons. The number of hydrogen-bond donors (Lipinski definition) is 0. The van der Waals surface area contributed by atoms with Gasteiger partial charge in [-0.2, -0.15) is 5.10 Å². The van der Waals surface area contributed by atoms with Gasteiger partial charge in [-0.25, -0.2) is 22.9 Å². The van der Waals surface area contributed by atoms with E-state index >= 15 is 0 Å². The molecule has 5 rings (SSSR count). The van der Waals surface area contributed by atoms with Crippen LogP contribution >= 0.6 is 18.9 Å². The molecule has 0 saturated heterocycles. The topological polar surface area (TPSA) is 178 Å². The first-order valence-electron chi connectivity index (χ1n) is 18.8. The number of aryl methyl sites for hydroxylation is 3. The summed E-state index contributed by atoms with van der Waals surface area (Å²) >= 11 is 1.31. The number of Topliss-reactive ketones (excluding diaryl/α,β-unsaturated/α-hetero) is 3. The first kappa shape index (κ1) is 45.8. The van der Waals surface area contributed by atoms with Crippen molar-refractivity contribution >= 4 is 52.1 Å². The molecule has 0 amide bonds. The van der Waals surface area contributed by atoms with Crippen LogP contribution in [0.3, 0.4) is 0 Å². The molecule has 0 bridgehead atoms. The summed E-state index contributed by atoms with van der Waals surface area (Å²) in [5.41, 5.74) is 4.45. The Morgan fingerprint density at radius 2 is 1.38 bits per heavy atom. The van der Waals surface area contributed by atoms with Gasteiger partial charge in [0.25, 0.3) is 0 Å². The monoisotopic (exact) mass is 849 g/mol. The highest BCUT2D eigenvalue weighted by atomic mass is 32.2. The summed E-state index contributed by atoms with van der Waals surface area (Å²) in [6.45, 7) is 5.78. The number of aromatic nitrogens is 3. The van der Waals surface area contributed by atoms with Crippen molar-refractivity contribution in [2.45, 2.75) is 70.4 Å². The molecule has 0 unspecified atom stereocenters. The maximum absolute atomic E-state index is 13.5. The molecule has 5 aromatic rings. The lowest BCUT2D eigenvalue weighted by Gasteiger charge is -2.15. The van der Waals surface area contributed by atoms with Gasteiger partial charge in [-0.05, 0) is 81.5 Å². The maximum atomic E-state index is 13.5. The summed E-state index contributed by atoms with van der Waals surface area (Å²) in [5, 5.41) is 7.04. The number of hydrogen-bond acceptors (Lipinski definition) is 13. The molecule has 308 valence electrons. The summed E-state index contributed by atoms with van der Waals surface area (Å²) in [5.74, 6) is -2.12. The molecule has 0 aliphatic heterocycles. The number of benzene rings is 3. The van der Waals surface area contributed by atoms with Gasteiger partial charge >= 0.3 is 13.6 Å². The molecular formula is C42H48N3O10PS2. The smallest absolute Gasteiger partial charge is 0.375 e. The first-order valence-corrected chi connectivity index (χ1v) is 23.3. The third-order valence-electron chi connectivity index (χ3n) is 8.38. The van der Waals surface area contributed by atoms with Crippen molar-refractivity contribution in [2.75, 3.05) is 26.1 Å². The van der Waals surface area contributed by atoms with E-state index in [1.54, 1.807) is 49.0 Å². The Balaban J connectivity index is 0.000000346. The van der Waals surface area contributed by atoms with E-state index in [0.717, 1.165) is 29.5 Å². The Labute approximate surface area is 343 Å². The Morgan fingerprint density at radius 1 is 0.776 bits per heavy atom. The van der Waals surface area contributed by atoms with Crippen LogP contribution in [0.1, 0.15) is 71.6 Å². The fourth-order valence-electron chi connectivity index (χ4n) is 5.63. The van der Waals surface area contributed by atoms with Crippen molar-refractivity contribution in [3.05, 3.63) is 130 Å². The Morgan fingerprint density at radius 3 is 1.95 bits per heavy atom. The normalized spacial score (nSPS) is 11.4. The van der Waals surface area contributed by atoms with Crippen molar-refractivity contribution in [3.8, 4) is 5.69 Å². The fraction of sp³-hybridized carbons (Fsp3) is 0.333. The van der Waals surface area contributed by atoms with Gasteiger partial charge in [0.05, 0.1) is 60.8 Å². The molecule has 3 aromatic carbocycles. The number of ether oxygens (including phenoxy) is 1. The van der Waals surface area contributed by atoms with E-state index in [0.29, 0.717) is 34.9 Å². The van der Waals surface area contributed by atoms with Crippen LogP contribution in [0.25, 0.3) is 5.69 Å². The van der Waals surface area contributed by atoms with Gasteiger partial charge in [0.1, 0.15) is 16.5 Å². The van der Waals surface area contributed by atoms with Crippen LogP contribution in [0, 0.1) is 0 Å². The Kier molecular flexibility index (Phi) is 17.6. The zero-order valence-corrected chi connectivity index (χ0v) is 35.5. The van der Waals surface area contributed by atoms with Gasteiger partial charge in [-0.3, -0.25) is 18.9 Å². The van der Waals surface area contributed by atoms with E-state index in [-0.39, 0.29) is 61.7 Å². The predicted molar refractivity (Wildman–Crippen MR) is 221 cm³/mol. The van der Waals surface area contributed by atoms with Gasteiger partial charge in [0.2, 0.25) is 5.78 Å².